The Hall–Kier alpha value is -1.92. The van der Waals surface area contributed by atoms with E-state index in [2.05, 4.69) is 55.6 Å². The number of unbranched alkanes of at least 4 members (excludes halogenated alkanes) is 44. The van der Waals surface area contributed by atoms with Crippen LogP contribution in [0.25, 0.3) is 0 Å². The highest BCUT2D eigenvalue weighted by Crippen LogP contribution is 2.18. The summed E-state index contributed by atoms with van der Waals surface area (Å²) in [5, 5.41) is 23.4. The van der Waals surface area contributed by atoms with E-state index in [-0.39, 0.29) is 18.5 Å². The van der Waals surface area contributed by atoms with Crippen LogP contribution in [0.5, 0.6) is 0 Å². The van der Waals surface area contributed by atoms with Gasteiger partial charge in [0.2, 0.25) is 5.91 Å². The van der Waals surface area contributed by atoms with Gasteiger partial charge in [-0.05, 0) is 89.9 Å². The summed E-state index contributed by atoms with van der Waals surface area (Å²) in [4.78, 5) is 24.6. The number of hydrogen-bond acceptors (Lipinski definition) is 5. The summed E-state index contributed by atoms with van der Waals surface area (Å²) >= 11 is 0. The van der Waals surface area contributed by atoms with Crippen molar-refractivity contribution in [3.05, 3.63) is 36.5 Å². The molecule has 0 saturated heterocycles. The summed E-state index contributed by atoms with van der Waals surface area (Å²) in [6.45, 7) is 4.92. The lowest BCUT2D eigenvalue weighted by Gasteiger charge is -2.22. The number of rotatable bonds is 61. The summed E-state index contributed by atoms with van der Waals surface area (Å²) in [5.74, 6) is -0.0713. The first-order chi connectivity index (χ1) is 36.0. The van der Waals surface area contributed by atoms with Gasteiger partial charge < -0.3 is 20.3 Å². The molecule has 6 nitrogen and oxygen atoms in total. The molecule has 0 aliphatic rings. The second kappa shape index (κ2) is 62.6. The van der Waals surface area contributed by atoms with Crippen molar-refractivity contribution in [2.24, 2.45) is 0 Å². The van der Waals surface area contributed by atoms with Gasteiger partial charge in [-0.25, -0.2) is 0 Å². The average molecular weight is 1030 g/mol. The minimum atomic E-state index is -0.677. The first-order valence-electron chi connectivity index (χ1n) is 32.7. The number of amides is 1. The molecule has 3 N–H and O–H groups in total. The molecule has 0 aliphatic heterocycles. The molecular formula is C67H127NO5. The van der Waals surface area contributed by atoms with Gasteiger partial charge in [0.1, 0.15) is 0 Å². The smallest absolute Gasteiger partial charge is 0.305 e. The molecule has 0 bridgehead atoms. The average Bonchev–Trinajstić information content (AvgIpc) is 3.39. The quantitative estimate of drug-likeness (QED) is 0.0320. The van der Waals surface area contributed by atoms with Crippen LogP contribution in [-0.4, -0.2) is 47.4 Å². The summed E-state index contributed by atoms with van der Waals surface area (Å²) in [7, 11) is 0. The van der Waals surface area contributed by atoms with Crippen molar-refractivity contribution in [2.45, 2.75) is 366 Å². The molecule has 0 radical (unpaired) electrons. The third-order valence-corrected chi connectivity index (χ3v) is 15.2. The Kier molecular flexibility index (Phi) is 61.0. The van der Waals surface area contributed by atoms with Crippen LogP contribution in [0.15, 0.2) is 36.5 Å². The van der Waals surface area contributed by atoms with Gasteiger partial charge in [-0.3, -0.25) is 9.59 Å². The molecule has 2 atom stereocenters. The highest BCUT2D eigenvalue weighted by molar-refractivity contribution is 5.76. The number of aliphatic hydroxyl groups is 2. The van der Waals surface area contributed by atoms with E-state index in [4.69, 9.17) is 4.74 Å². The number of carbonyl (C=O) groups is 2. The van der Waals surface area contributed by atoms with E-state index in [0.29, 0.717) is 25.9 Å². The topological polar surface area (TPSA) is 95.9 Å². The summed E-state index contributed by atoms with van der Waals surface area (Å²) < 4.78 is 5.45. The van der Waals surface area contributed by atoms with Crippen LogP contribution in [0, 0.1) is 0 Å². The van der Waals surface area contributed by atoms with Gasteiger partial charge in [0.25, 0.3) is 0 Å². The lowest BCUT2D eigenvalue weighted by atomic mass is 10.0. The number of allylic oxidation sites excluding steroid dienone is 6. The second-order valence-electron chi connectivity index (χ2n) is 22.4. The molecule has 1 amide bonds. The zero-order valence-corrected chi connectivity index (χ0v) is 49.1. The lowest BCUT2D eigenvalue weighted by molar-refractivity contribution is -0.143. The summed E-state index contributed by atoms with van der Waals surface area (Å²) in [6, 6.07) is -0.556. The minimum absolute atomic E-state index is 0.0234. The molecule has 0 rings (SSSR count). The van der Waals surface area contributed by atoms with E-state index in [1.54, 1.807) is 0 Å². The zero-order valence-electron chi connectivity index (χ0n) is 49.1. The minimum Gasteiger partial charge on any atom is -0.466 e. The van der Waals surface area contributed by atoms with Gasteiger partial charge >= 0.3 is 5.97 Å². The molecule has 0 saturated carbocycles. The highest BCUT2D eigenvalue weighted by Gasteiger charge is 2.20. The van der Waals surface area contributed by atoms with E-state index in [1.807, 2.05) is 0 Å². The predicted octanol–water partition coefficient (Wildman–Crippen LogP) is 20.8. The van der Waals surface area contributed by atoms with Gasteiger partial charge in [0, 0.05) is 12.8 Å². The van der Waals surface area contributed by atoms with Crippen molar-refractivity contribution >= 4 is 11.9 Å². The van der Waals surface area contributed by atoms with Crippen molar-refractivity contribution in [1.29, 1.82) is 0 Å². The van der Waals surface area contributed by atoms with Crippen molar-refractivity contribution in [1.82, 2.24) is 5.32 Å². The summed E-state index contributed by atoms with van der Waals surface area (Å²) in [5.41, 5.74) is 0. The number of ether oxygens (including phenoxy) is 1. The van der Waals surface area contributed by atoms with Gasteiger partial charge in [-0.15, -0.1) is 0 Å². The fraction of sp³-hybridized carbons (Fsp3) is 0.881. The maximum Gasteiger partial charge on any atom is 0.305 e. The number of esters is 1. The molecule has 73 heavy (non-hydrogen) atoms. The van der Waals surface area contributed by atoms with Gasteiger partial charge in [0.15, 0.2) is 0 Å². The Balaban J connectivity index is 3.48. The largest absolute Gasteiger partial charge is 0.466 e. The monoisotopic (exact) mass is 1030 g/mol. The molecule has 0 aromatic heterocycles. The predicted molar refractivity (Wildman–Crippen MR) is 319 cm³/mol. The van der Waals surface area contributed by atoms with E-state index >= 15 is 0 Å². The second-order valence-corrected chi connectivity index (χ2v) is 22.4. The highest BCUT2D eigenvalue weighted by atomic mass is 16.5. The first-order valence-corrected chi connectivity index (χ1v) is 32.7. The Labute approximate surface area is 455 Å². The van der Waals surface area contributed by atoms with E-state index in [9.17, 15) is 19.8 Å². The SMILES string of the molecule is CCCCCCC/C=C\CCCCCCCC(=O)OCCCCC/C=C\C/C=C\CCCCCCCCCC(=O)NC(CO)C(O)CCCCCCCCCCCCCCCCCCCCCCCCCCC. The fourth-order valence-corrected chi connectivity index (χ4v) is 10.1. The van der Waals surface area contributed by atoms with E-state index in [0.717, 1.165) is 83.5 Å². The lowest BCUT2D eigenvalue weighted by Crippen LogP contribution is -2.45. The Morgan fingerprint density at radius 3 is 1.05 bits per heavy atom. The molecule has 0 aromatic carbocycles. The maximum absolute atomic E-state index is 12.5. The third kappa shape index (κ3) is 59.2. The molecule has 0 fully saturated rings. The van der Waals surface area contributed by atoms with Gasteiger partial charge in [-0.1, -0.05) is 288 Å². The van der Waals surface area contributed by atoms with Crippen molar-refractivity contribution < 1.29 is 24.5 Å². The molecule has 2 unspecified atom stereocenters. The number of nitrogens with one attached hydrogen (secondary N) is 1. The molecule has 6 heteroatoms. The number of aliphatic hydroxyl groups excluding tert-OH is 2. The molecule has 0 aromatic rings. The fourth-order valence-electron chi connectivity index (χ4n) is 10.1. The van der Waals surface area contributed by atoms with E-state index < -0.39 is 12.1 Å². The number of hydrogen-bond donors (Lipinski definition) is 3. The van der Waals surface area contributed by atoms with Gasteiger partial charge in [-0.2, -0.15) is 0 Å². The van der Waals surface area contributed by atoms with Gasteiger partial charge in [0.05, 0.1) is 25.4 Å². The van der Waals surface area contributed by atoms with Crippen LogP contribution in [0.4, 0.5) is 0 Å². The van der Waals surface area contributed by atoms with Crippen LogP contribution in [0.1, 0.15) is 354 Å². The number of carbonyl (C=O) groups excluding carboxylic acids is 2. The molecule has 0 spiro atoms. The Bertz CT molecular complexity index is 1180. The van der Waals surface area contributed by atoms with Crippen LogP contribution in [0.2, 0.25) is 0 Å². The molecular weight excluding hydrogens is 899 g/mol. The molecule has 430 valence electrons. The summed E-state index contributed by atoms with van der Waals surface area (Å²) in [6.07, 6.45) is 78.8. The molecule has 0 aliphatic carbocycles. The third-order valence-electron chi connectivity index (χ3n) is 15.2. The van der Waals surface area contributed by atoms with Crippen LogP contribution >= 0.6 is 0 Å². The Morgan fingerprint density at radius 2 is 0.685 bits per heavy atom. The molecule has 0 heterocycles. The van der Waals surface area contributed by atoms with Crippen molar-refractivity contribution in [3.8, 4) is 0 Å². The first kappa shape index (κ1) is 71.1. The zero-order chi connectivity index (χ0) is 52.9. The normalized spacial score (nSPS) is 12.8. The van der Waals surface area contributed by atoms with Crippen molar-refractivity contribution in [2.75, 3.05) is 13.2 Å². The van der Waals surface area contributed by atoms with Crippen LogP contribution in [0.3, 0.4) is 0 Å². The van der Waals surface area contributed by atoms with Crippen molar-refractivity contribution in [3.63, 3.8) is 0 Å². The Morgan fingerprint density at radius 1 is 0.384 bits per heavy atom. The standard InChI is InChI=1S/C67H127NO5/c1-3-5-7-9-11-13-15-17-19-20-21-22-23-24-25-26-27-29-32-35-39-43-47-51-55-59-65(70)64(63-69)68-66(71)60-56-52-48-44-40-36-33-30-28-31-34-38-42-46-50-54-58-62-73-67(72)61-57-53-49-45-41-37-18-16-14-12-10-8-6-4-2/h16,18,28,31,38,42,64-65,69-70H,3-15,17,19-27,29-30,32-37,39-41,43-63H2,1-2H3,(H,68,71)/b18-16-,31-28-,42-38-. The van der Waals surface area contributed by atoms with Crippen LogP contribution in [-0.2, 0) is 14.3 Å². The van der Waals surface area contributed by atoms with Crippen LogP contribution < -0.4 is 5.32 Å². The van der Waals surface area contributed by atoms with E-state index in [1.165, 1.54) is 238 Å². The maximum atomic E-state index is 12.5.